The second kappa shape index (κ2) is 9.09. The van der Waals surface area contributed by atoms with E-state index in [9.17, 15) is 0 Å². The summed E-state index contributed by atoms with van der Waals surface area (Å²) in [7, 11) is 4.57. The van der Waals surface area contributed by atoms with Gasteiger partial charge in [-0.05, 0) is 72.3 Å². The number of nitrogens with zero attached hydrogens (tertiary/aromatic N) is 2. The number of ether oxygens (including phenoxy) is 1. The minimum Gasteiger partial charge on any atom is -0.378 e. The van der Waals surface area contributed by atoms with Crippen LogP contribution in [0.2, 0.25) is 0 Å². The van der Waals surface area contributed by atoms with E-state index in [2.05, 4.69) is 36.1 Å². The molecular formula is C17H35N3O. The lowest BCUT2D eigenvalue weighted by Gasteiger charge is -2.35. The van der Waals surface area contributed by atoms with Crippen molar-refractivity contribution in [2.24, 2.45) is 0 Å². The Morgan fingerprint density at radius 1 is 1.24 bits per heavy atom. The number of likely N-dealkylation sites (N-methyl/N-ethyl adjacent to an activating group) is 3. The van der Waals surface area contributed by atoms with Crippen molar-refractivity contribution in [1.82, 2.24) is 15.1 Å². The zero-order valence-corrected chi connectivity index (χ0v) is 14.3. The molecule has 0 radical (unpaired) electrons. The molecule has 2 saturated heterocycles. The van der Waals surface area contributed by atoms with E-state index >= 15 is 0 Å². The van der Waals surface area contributed by atoms with Gasteiger partial charge in [-0.15, -0.1) is 0 Å². The third-order valence-corrected chi connectivity index (χ3v) is 5.11. The first kappa shape index (κ1) is 17.2. The van der Waals surface area contributed by atoms with E-state index < -0.39 is 0 Å². The van der Waals surface area contributed by atoms with Crippen LogP contribution in [0.5, 0.6) is 0 Å². The molecule has 3 unspecified atom stereocenters. The van der Waals surface area contributed by atoms with Crippen molar-refractivity contribution in [3.8, 4) is 0 Å². The van der Waals surface area contributed by atoms with Gasteiger partial charge in [0.15, 0.2) is 0 Å². The summed E-state index contributed by atoms with van der Waals surface area (Å²) in [4.78, 5) is 5.07. The molecular weight excluding hydrogens is 262 g/mol. The summed E-state index contributed by atoms with van der Waals surface area (Å²) in [6.07, 6.45) is 8.18. The summed E-state index contributed by atoms with van der Waals surface area (Å²) in [5, 5.41) is 3.75. The van der Waals surface area contributed by atoms with Crippen LogP contribution < -0.4 is 5.32 Å². The SMILES string of the molecule is CCNC(CCCC1CCCO1)C1CN(C)CCCN1C. The van der Waals surface area contributed by atoms with E-state index in [0.717, 1.165) is 13.2 Å². The Morgan fingerprint density at radius 2 is 2.10 bits per heavy atom. The lowest BCUT2D eigenvalue weighted by atomic mass is 9.98. The molecule has 3 atom stereocenters. The van der Waals surface area contributed by atoms with Crippen molar-refractivity contribution in [3.05, 3.63) is 0 Å². The highest BCUT2D eigenvalue weighted by Gasteiger charge is 2.28. The molecule has 1 N–H and O–H groups in total. The first-order valence-electron chi connectivity index (χ1n) is 8.94. The highest BCUT2D eigenvalue weighted by molar-refractivity contribution is 4.87. The van der Waals surface area contributed by atoms with Gasteiger partial charge in [-0.1, -0.05) is 6.92 Å². The number of hydrogen-bond donors (Lipinski definition) is 1. The summed E-state index contributed by atoms with van der Waals surface area (Å²) in [6.45, 7) is 7.93. The van der Waals surface area contributed by atoms with Crippen LogP contribution in [-0.4, -0.2) is 74.9 Å². The Bertz CT molecular complexity index is 281. The second-order valence-corrected chi connectivity index (χ2v) is 6.89. The van der Waals surface area contributed by atoms with Crippen molar-refractivity contribution >= 4 is 0 Å². The largest absolute Gasteiger partial charge is 0.378 e. The third kappa shape index (κ3) is 5.51. The quantitative estimate of drug-likeness (QED) is 0.777. The molecule has 2 fully saturated rings. The highest BCUT2D eigenvalue weighted by atomic mass is 16.5. The van der Waals surface area contributed by atoms with Crippen molar-refractivity contribution in [2.45, 2.75) is 63.6 Å². The predicted molar refractivity (Wildman–Crippen MR) is 88.8 cm³/mol. The van der Waals surface area contributed by atoms with Gasteiger partial charge in [0.05, 0.1) is 6.10 Å². The summed E-state index contributed by atoms with van der Waals surface area (Å²) in [5.41, 5.74) is 0. The van der Waals surface area contributed by atoms with Crippen LogP contribution in [0.1, 0.15) is 45.4 Å². The Morgan fingerprint density at radius 3 is 2.81 bits per heavy atom. The predicted octanol–water partition coefficient (Wildman–Crippen LogP) is 1.95. The zero-order chi connectivity index (χ0) is 15.1. The van der Waals surface area contributed by atoms with Crippen LogP contribution >= 0.6 is 0 Å². The van der Waals surface area contributed by atoms with Crippen LogP contribution in [0.25, 0.3) is 0 Å². The average Bonchev–Trinajstić information content (AvgIpc) is 2.91. The van der Waals surface area contributed by atoms with Gasteiger partial charge in [-0.25, -0.2) is 0 Å². The summed E-state index contributed by atoms with van der Waals surface area (Å²) < 4.78 is 5.76. The molecule has 2 rings (SSSR count). The monoisotopic (exact) mass is 297 g/mol. The van der Waals surface area contributed by atoms with Crippen LogP contribution in [-0.2, 0) is 4.74 Å². The Balaban J connectivity index is 1.83. The van der Waals surface area contributed by atoms with Crippen molar-refractivity contribution in [2.75, 3.05) is 46.9 Å². The fraction of sp³-hybridized carbons (Fsp3) is 1.00. The minimum atomic E-state index is 0.543. The maximum absolute atomic E-state index is 5.76. The number of hydrogen-bond acceptors (Lipinski definition) is 4. The molecule has 2 aliphatic heterocycles. The standard InChI is InChI=1S/C17H35N3O/c1-4-18-16(10-5-8-15-9-6-13-21-15)17-14-19(2)11-7-12-20(17)3/h15-18H,4-14H2,1-3H3. The molecule has 0 saturated carbocycles. The normalized spacial score (nSPS) is 30.4. The van der Waals surface area contributed by atoms with E-state index in [4.69, 9.17) is 4.74 Å². The van der Waals surface area contributed by atoms with Gasteiger partial charge in [0.25, 0.3) is 0 Å². The van der Waals surface area contributed by atoms with Gasteiger partial charge < -0.3 is 19.9 Å². The van der Waals surface area contributed by atoms with E-state index in [1.165, 1.54) is 58.2 Å². The summed E-state index contributed by atoms with van der Waals surface area (Å²) in [5.74, 6) is 0. The molecule has 21 heavy (non-hydrogen) atoms. The molecule has 0 amide bonds. The van der Waals surface area contributed by atoms with Gasteiger partial charge in [0.1, 0.15) is 0 Å². The van der Waals surface area contributed by atoms with Gasteiger partial charge in [0.2, 0.25) is 0 Å². The summed E-state index contributed by atoms with van der Waals surface area (Å²) >= 11 is 0. The topological polar surface area (TPSA) is 27.7 Å². The van der Waals surface area contributed by atoms with Gasteiger partial charge in [-0.2, -0.15) is 0 Å². The van der Waals surface area contributed by atoms with Gasteiger partial charge in [-0.3, -0.25) is 0 Å². The second-order valence-electron chi connectivity index (χ2n) is 6.89. The molecule has 124 valence electrons. The molecule has 0 aliphatic carbocycles. The first-order valence-corrected chi connectivity index (χ1v) is 8.94. The first-order chi connectivity index (χ1) is 10.2. The Labute approximate surface area is 131 Å². The van der Waals surface area contributed by atoms with Crippen molar-refractivity contribution in [1.29, 1.82) is 0 Å². The summed E-state index contributed by atoms with van der Waals surface area (Å²) in [6, 6.07) is 1.25. The molecule has 4 heteroatoms. The van der Waals surface area contributed by atoms with Crippen molar-refractivity contribution in [3.63, 3.8) is 0 Å². The molecule has 2 aliphatic rings. The lowest BCUT2D eigenvalue weighted by Crippen LogP contribution is -2.52. The van der Waals surface area contributed by atoms with Crippen LogP contribution in [0.4, 0.5) is 0 Å². The fourth-order valence-corrected chi connectivity index (χ4v) is 3.87. The molecule has 0 aromatic carbocycles. The zero-order valence-electron chi connectivity index (χ0n) is 14.3. The smallest absolute Gasteiger partial charge is 0.0576 e. The van der Waals surface area contributed by atoms with E-state index in [-0.39, 0.29) is 0 Å². The average molecular weight is 297 g/mol. The van der Waals surface area contributed by atoms with Gasteiger partial charge in [0, 0.05) is 25.2 Å². The molecule has 0 bridgehead atoms. The lowest BCUT2D eigenvalue weighted by molar-refractivity contribution is 0.0986. The van der Waals surface area contributed by atoms with Gasteiger partial charge >= 0.3 is 0 Å². The molecule has 0 aromatic heterocycles. The van der Waals surface area contributed by atoms with E-state index in [1.54, 1.807) is 0 Å². The van der Waals surface area contributed by atoms with Crippen LogP contribution in [0, 0.1) is 0 Å². The number of nitrogens with one attached hydrogen (secondary N) is 1. The van der Waals surface area contributed by atoms with Crippen LogP contribution in [0.15, 0.2) is 0 Å². The minimum absolute atomic E-state index is 0.543. The van der Waals surface area contributed by atoms with Crippen LogP contribution in [0.3, 0.4) is 0 Å². The maximum atomic E-state index is 5.76. The molecule has 0 spiro atoms. The molecule has 2 heterocycles. The third-order valence-electron chi connectivity index (χ3n) is 5.11. The fourth-order valence-electron chi connectivity index (χ4n) is 3.87. The molecule has 4 nitrogen and oxygen atoms in total. The maximum Gasteiger partial charge on any atom is 0.0576 e. The number of rotatable bonds is 7. The Hall–Kier alpha value is -0.160. The Kier molecular flexibility index (Phi) is 7.44. The van der Waals surface area contributed by atoms with E-state index in [1.807, 2.05) is 0 Å². The highest BCUT2D eigenvalue weighted by Crippen LogP contribution is 2.20. The van der Waals surface area contributed by atoms with E-state index in [0.29, 0.717) is 18.2 Å². The molecule has 0 aromatic rings. The van der Waals surface area contributed by atoms with Crippen molar-refractivity contribution < 1.29 is 4.74 Å².